The van der Waals surface area contributed by atoms with Crippen LogP contribution in [0, 0.1) is 12.8 Å². The minimum absolute atomic E-state index is 0.00500. The number of benzene rings is 1. The predicted octanol–water partition coefficient (Wildman–Crippen LogP) is 3.40. The van der Waals surface area contributed by atoms with E-state index in [0.29, 0.717) is 45.0 Å². The topological polar surface area (TPSA) is 96.6 Å². The molecule has 0 aliphatic carbocycles. The zero-order valence-corrected chi connectivity index (χ0v) is 18.6. The highest BCUT2D eigenvalue weighted by molar-refractivity contribution is 5.87. The summed E-state index contributed by atoms with van der Waals surface area (Å²) < 4.78 is 10.2. The van der Waals surface area contributed by atoms with Gasteiger partial charge in [-0.05, 0) is 43.7 Å². The fraction of sp³-hybridized carbons (Fsp3) is 0.522. The maximum atomic E-state index is 13.5. The SMILES string of the molecule is C=Cc1c(C)ccc2[nH]c(CN(CCC)C(=O)C(NC(=O)OC)C3CCOCC3)nc12. The molecular weight excluding hydrogens is 396 g/mol. The number of alkyl carbamates (subject to hydrolysis) is 1. The summed E-state index contributed by atoms with van der Waals surface area (Å²) in [7, 11) is 1.30. The van der Waals surface area contributed by atoms with Crippen LogP contribution in [-0.2, 0) is 20.8 Å². The molecule has 1 aromatic heterocycles. The number of carbonyl (C=O) groups excluding carboxylic acids is 2. The molecule has 0 radical (unpaired) electrons. The zero-order chi connectivity index (χ0) is 22.4. The molecule has 1 unspecified atom stereocenters. The minimum atomic E-state index is -0.654. The number of imidazole rings is 1. The smallest absolute Gasteiger partial charge is 0.407 e. The number of methoxy groups -OCH3 is 1. The molecule has 8 heteroatoms. The molecule has 0 bridgehead atoms. The molecule has 1 aliphatic rings. The van der Waals surface area contributed by atoms with Gasteiger partial charge in [-0.15, -0.1) is 0 Å². The van der Waals surface area contributed by atoms with Crippen LogP contribution < -0.4 is 5.32 Å². The summed E-state index contributed by atoms with van der Waals surface area (Å²) in [5.41, 5.74) is 3.85. The number of aromatic amines is 1. The summed E-state index contributed by atoms with van der Waals surface area (Å²) in [6.45, 7) is 10.0. The standard InChI is InChI=1S/C23H32N4O4/c1-5-11-27(14-19-24-18-8-7-15(3)17(6-2)21(18)25-19)22(28)20(26-23(29)30-4)16-9-12-31-13-10-16/h6-8,16,20H,2,5,9-14H2,1,3-4H3,(H,24,25)(H,26,29). The molecule has 168 valence electrons. The third kappa shape index (κ3) is 5.25. The summed E-state index contributed by atoms with van der Waals surface area (Å²) in [4.78, 5) is 35.3. The second kappa shape index (κ2) is 10.4. The predicted molar refractivity (Wildman–Crippen MR) is 120 cm³/mol. The van der Waals surface area contributed by atoms with Gasteiger partial charge in [-0.3, -0.25) is 4.79 Å². The number of hydrogen-bond acceptors (Lipinski definition) is 5. The maximum absolute atomic E-state index is 13.5. The Hall–Kier alpha value is -2.87. The molecule has 0 saturated carbocycles. The van der Waals surface area contributed by atoms with Gasteiger partial charge in [-0.25, -0.2) is 9.78 Å². The number of ether oxygens (including phenoxy) is 2. The van der Waals surface area contributed by atoms with Crippen molar-refractivity contribution in [3.05, 3.63) is 35.7 Å². The van der Waals surface area contributed by atoms with E-state index in [9.17, 15) is 9.59 Å². The van der Waals surface area contributed by atoms with Gasteiger partial charge in [0.2, 0.25) is 5.91 Å². The molecule has 0 spiro atoms. The number of H-pyrrole nitrogens is 1. The van der Waals surface area contributed by atoms with Crippen molar-refractivity contribution >= 4 is 29.1 Å². The summed E-state index contributed by atoms with van der Waals surface area (Å²) >= 11 is 0. The molecule has 2 aromatic rings. The van der Waals surface area contributed by atoms with Crippen LogP contribution in [0.3, 0.4) is 0 Å². The zero-order valence-electron chi connectivity index (χ0n) is 18.6. The molecule has 2 amide bonds. The van der Waals surface area contributed by atoms with Gasteiger partial charge in [0.1, 0.15) is 11.9 Å². The van der Waals surface area contributed by atoms with E-state index in [2.05, 4.69) is 16.9 Å². The lowest BCUT2D eigenvalue weighted by Crippen LogP contribution is -2.53. The first-order chi connectivity index (χ1) is 15.0. The average Bonchev–Trinajstić information content (AvgIpc) is 3.19. The number of aryl methyl sites for hydroxylation is 1. The van der Waals surface area contributed by atoms with Gasteiger partial charge in [0, 0.05) is 25.3 Å². The number of nitrogens with one attached hydrogen (secondary N) is 2. The normalized spacial score (nSPS) is 15.5. The second-order valence-corrected chi connectivity index (χ2v) is 7.90. The second-order valence-electron chi connectivity index (χ2n) is 7.90. The van der Waals surface area contributed by atoms with E-state index in [1.807, 2.05) is 26.0 Å². The van der Waals surface area contributed by atoms with E-state index >= 15 is 0 Å². The maximum Gasteiger partial charge on any atom is 0.407 e. The van der Waals surface area contributed by atoms with Gasteiger partial charge in [0.05, 0.1) is 24.7 Å². The number of rotatable bonds is 8. The fourth-order valence-electron chi connectivity index (χ4n) is 4.11. The number of hydrogen-bond donors (Lipinski definition) is 2. The van der Waals surface area contributed by atoms with Crippen LogP contribution in [0.4, 0.5) is 4.79 Å². The Morgan fingerprint density at radius 2 is 2.16 bits per heavy atom. The number of fused-ring (bicyclic) bond motifs is 1. The summed E-state index contributed by atoms with van der Waals surface area (Å²) in [5, 5.41) is 2.76. The van der Waals surface area contributed by atoms with Gasteiger partial charge >= 0.3 is 6.09 Å². The number of nitrogens with zero attached hydrogens (tertiary/aromatic N) is 2. The largest absolute Gasteiger partial charge is 0.453 e. The van der Waals surface area contributed by atoms with E-state index in [4.69, 9.17) is 14.5 Å². The van der Waals surface area contributed by atoms with Crippen molar-refractivity contribution in [2.75, 3.05) is 26.9 Å². The Labute approximate surface area is 183 Å². The Morgan fingerprint density at radius 1 is 1.42 bits per heavy atom. The first-order valence-corrected chi connectivity index (χ1v) is 10.8. The number of aromatic nitrogens is 2. The fourth-order valence-corrected chi connectivity index (χ4v) is 4.11. The van der Waals surface area contributed by atoms with Crippen LogP contribution >= 0.6 is 0 Å². The van der Waals surface area contributed by atoms with Crippen molar-refractivity contribution in [2.45, 2.75) is 45.7 Å². The lowest BCUT2D eigenvalue weighted by Gasteiger charge is -2.33. The molecule has 8 nitrogen and oxygen atoms in total. The first kappa shape index (κ1) is 22.8. The van der Waals surface area contributed by atoms with Crippen LogP contribution in [0.25, 0.3) is 17.1 Å². The Kier molecular flexibility index (Phi) is 7.68. The molecule has 3 rings (SSSR count). The van der Waals surface area contributed by atoms with Crippen LogP contribution in [-0.4, -0.2) is 59.8 Å². The monoisotopic (exact) mass is 428 g/mol. The molecule has 1 aliphatic heterocycles. The highest BCUT2D eigenvalue weighted by Gasteiger charge is 2.34. The third-order valence-electron chi connectivity index (χ3n) is 5.77. The molecule has 2 N–H and O–H groups in total. The van der Waals surface area contributed by atoms with Crippen molar-refractivity contribution in [3.63, 3.8) is 0 Å². The summed E-state index contributed by atoms with van der Waals surface area (Å²) in [6, 6.07) is 3.36. The molecule has 1 fully saturated rings. The van der Waals surface area contributed by atoms with Crippen molar-refractivity contribution in [2.24, 2.45) is 5.92 Å². The van der Waals surface area contributed by atoms with Gasteiger partial charge in [0.25, 0.3) is 0 Å². The van der Waals surface area contributed by atoms with Gasteiger partial charge in [0.15, 0.2) is 0 Å². The Morgan fingerprint density at radius 3 is 2.81 bits per heavy atom. The van der Waals surface area contributed by atoms with E-state index < -0.39 is 12.1 Å². The van der Waals surface area contributed by atoms with E-state index in [0.717, 1.165) is 28.6 Å². The lowest BCUT2D eigenvalue weighted by molar-refractivity contribution is -0.136. The van der Waals surface area contributed by atoms with Crippen LogP contribution in [0.15, 0.2) is 18.7 Å². The number of amides is 2. The van der Waals surface area contributed by atoms with E-state index in [-0.39, 0.29) is 11.8 Å². The van der Waals surface area contributed by atoms with Crippen LogP contribution in [0.2, 0.25) is 0 Å². The van der Waals surface area contributed by atoms with Crippen molar-refractivity contribution in [1.82, 2.24) is 20.2 Å². The van der Waals surface area contributed by atoms with Crippen LogP contribution in [0.1, 0.15) is 43.1 Å². The third-order valence-corrected chi connectivity index (χ3v) is 5.77. The minimum Gasteiger partial charge on any atom is -0.453 e. The Bertz CT molecular complexity index is 933. The molecule has 31 heavy (non-hydrogen) atoms. The lowest BCUT2D eigenvalue weighted by atomic mass is 9.90. The number of carbonyl (C=O) groups is 2. The summed E-state index contributed by atoms with van der Waals surface area (Å²) in [5.74, 6) is 0.583. The quantitative estimate of drug-likeness (QED) is 0.672. The molecule has 1 aromatic carbocycles. The Balaban J connectivity index is 1.86. The highest BCUT2D eigenvalue weighted by atomic mass is 16.5. The van der Waals surface area contributed by atoms with Gasteiger partial charge < -0.3 is 24.7 Å². The van der Waals surface area contributed by atoms with E-state index in [1.165, 1.54) is 7.11 Å². The molecule has 1 saturated heterocycles. The first-order valence-electron chi connectivity index (χ1n) is 10.8. The van der Waals surface area contributed by atoms with Crippen molar-refractivity contribution < 1.29 is 19.1 Å². The molecule has 1 atom stereocenters. The molecule has 2 heterocycles. The average molecular weight is 429 g/mol. The highest BCUT2D eigenvalue weighted by Crippen LogP contribution is 2.24. The summed E-state index contributed by atoms with van der Waals surface area (Å²) in [6.07, 6.45) is 3.43. The van der Waals surface area contributed by atoms with Crippen molar-refractivity contribution in [1.29, 1.82) is 0 Å². The van der Waals surface area contributed by atoms with Gasteiger partial charge in [-0.1, -0.05) is 25.6 Å². The molecular formula is C23H32N4O4. The van der Waals surface area contributed by atoms with Crippen LogP contribution in [0.5, 0.6) is 0 Å². The van der Waals surface area contributed by atoms with E-state index in [1.54, 1.807) is 11.0 Å². The van der Waals surface area contributed by atoms with Crippen molar-refractivity contribution in [3.8, 4) is 0 Å². The van der Waals surface area contributed by atoms with Gasteiger partial charge in [-0.2, -0.15) is 0 Å².